The van der Waals surface area contributed by atoms with E-state index >= 15 is 0 Å². The van der Waals surface area contributed by atoms with Crippen molar-refractivity contribution in [2.75, 3.05) is 4.90 Å². The van der Waals surface area contributed by atoms with Gasteiger partial charge in [-0.15, -0.1) is 0 Å². The first-order valence-corrected chi connectivity index (χ1v) is 9.32. The normalized spacial score (nSPS) is 24.6. The number of nitrogens with one attached hydrogen (secondary N) is 1. The highest BCUT2D eigenvalue weighted by Crippen LogP contribution is 2.45. The van der Waals surface area contributed by atoms with Crippen molar-refractivity contribution in [3.63, 3.8) is 0 Å². The summed E-state index contributed by atoms with van der Waals surface area (Å²) in [4.78, 5) is 36.7. The van der Waals surface area contributed by atoms with E-state index in [2.05, 4.69) is 10.5 Å². The Bertz CT molecular complexity index is 834. The van der Waals surface area contributed by atoms with Crippen LogP contribution in [-0.2, 0) is 10.2 Å². The van der Waals surface area contributed by atoms with Crippen molar-refractivity contribution in [3.05, 3.63) is 29.3 Å². The van der Waals surface area contributed by atoms with Crippen LogP contribution in [0.4, 0.5) is 15.3 Å². The number of fused-ring (bicyclic) bond motifs is 1. The van der Waals surface area contributed by atoms with E-state index < -0.39 is 23.3 Å². The van der Waals surface area contributed by atoms with Crippen molar-refractivity contribution in [1.82, 2.24) is 5.43 Å². The van der Waals surface area contributed by atoms with E-state index in [0.717, 1.165) is 33.5 Å². The molecule has 0 fully saturated rings. The van der Waals surface area contributed by atoms with Crippen LogP contribution in [0.3, 0.4) is 0 Å². The highest BCUT2D eigenvalue weighted by atomic mass is 32.2. The number of carbonyl (C=O) groups is 3. The summed E-state index contributed by atoms with van der Waals surface area (Å²) in [6.07, 6.45) is -0.730. The molecular weight excluding hydrogens is 354 g/mol. The zero-order valence-electron chi connectivity index (χ0n) is 15.1. The number of carboxylic acid groups (broad SMARTS) is 1. The maximum Gasteiger partial charge on any atom is 0.418 e. The van der Waals surface area contributed by atoms with Gasteiger partial charge in [-0.05, 0) is 36.6 Å². The van der Waals surface area contributed by atoms with Gasteiger partial charge in [-0.1, -0.05) is 38.6 Å². The van der Waals surface area contributed by atoms with Crippen LogP contribution < -0.4 is 10.3 Å². The van der Waals surface area contributed by atoms with Crippen molar-refractivity contribution >= 4 is 40.4 Å². The third kappa shape index (κ3) is 2.78. The van der Waals surface area contributed by atoms with Gasteiger partial charge in [0.05, 0.1) is 16.6 Å². The second-order valence-electron chi connectivity index (χ2n) is 7.03. The number of hydrazone groups is 1. The molecule has 1 aromatic rings. The molecular formula is C18H21N3O4S. The van der Waals surface area contributed by atoms with Gasteiger partial charge in [-0.3, -0.25) is 9.59 Å². The molecule has 26 heavy (non-hydrogen) atoms. The molecule has 2 N–H and O–H groups in total. The summed E-state index contributed by atoms with van der Waals surface area (Å²) >= 11 is 1.15. The van der Waals surface area contributed by atoms with Crippen LogP contribution in [0.15, 0.2) is 23.3 Å². The molecule has 0 saturated heterocycles. The molecule has 138 valence electrons. The quantitative estimate of drug-likeness (QED) is 0.823. The van der Waals surface area contributed by atoms with Gasteiger partial charge in [-0.25, -0.2) is 15.1 Å². The summed E-state index contributed by atoms with van der Waals surface area (Å²) in [7, 11) is 0. The summed E-state index contributed by atoms with van der Waals surface area (Å²) in [5.41, 5.74) is 4.67. The molecule has 0 spiro atoms. The molecule has 2 unspecified atom stereocenters. The third-order valence-electron chi connectivity index (χ3n) is 5.15. The van der Waals surface area contributed by atoms with Crippen LogP contribution in [0.2, 0.25) is 0 Å². The molecule has 0 aliphatic carbocycles. The molecule has 3 amide bonds. The molecule has 0 radical (unpaired) electrons. The van der Waals surface area contributed by atoms with Crippen LogP contribution in [0.1, 0.15) is 45.2 Å². The zero-order chi connectivity index (χ0) is 19.2. The first-order chi connectivity index (χ1) is 12.2. The molecule has 0 saturated carbocycles. The van der Waals surface area contributed by atoms with E-state index in [-0.39, 0.29) is 10.5 Å². The minimum atomic E-state index is -1.27. The molecule has 7 nitrogen and oxygen atoms in total. The van der Waals surface area contributed by atoms with Gasteiger partial charge in [0.25, 0.3) is 5.24 Å². The smallest absolute Gasteiger partial charge is 0.418 e. The lowest BCUT2D eigenvalue weighted by molar-refractivity contribution is -0.124. The SMILES string of the molecule is CCC1C(=O)N(C(=O)O)c2ccc(C3=NNC(=O)SC3C)cc2C1(C)C. The van der Waals surface area contributed by atoms with E-state index in [1.54, 1.807) is 12.1 Å². The van der Waals surface area contributed by atoms with Gasteiger partial charge in [0, 0.05) is 11.3 Å². The number of amides is 3. The summed E-state index contributed by atoms with van der Waals surface area (Å²) in [5.74, 6) is -0.822. The summed E-state index contributed by atoms with van der Waals surface area (Å²) in [6.45, 7) is 7.71. The van der Waals surface area contributed by atoms with Crippen LogP contribution in [0.25, 0.3) is 0 Å². The Balaban J connectivity index is 2.16. The van der Waals surface area contributed by atoms with Crippen molar-refractivity contribution in [2.24, 2.45) is 11.0 Å². The van der Waals surface area contributed by atoms with Gasteiger partial charge >= 0.3 is 6.09 Å². The number of carbonyl (C=O) groups excluding carboxylic acids is 2. The molecule has 0 aromatic heterocycles. The van der Waals surface area contributed by atoms with Crippen molar-refractivity contribution in [2.45, 2.75) is 44.8 Å². The lowest BCUT2D eigenvalue weighted by atomic mass is 9.68. The number of rotatable bonds is 2. The van der Waals surface area contributed by atoms with E-state index in [1.807, 2.05) is 33.8 Å². The average molecular weight is 375 g/mol. The second kappa shape index (κ2) is 6.42. The fourth-order valence-electron chi connectivity index (χ4n) is 3.80. The number of thioether (sulfide) groups is 1. The van der Waals surface area contributed by atoms with Crippen molar-refractivity contribution < 1.29 is 19.5 Å². The minimum absolute atomic E-state index is 0.118. The molecule has 3 rings (SSSR count). The molecule has 2 aliphatic heterocycles. The standard InChI is InChI=1S/C18H21N3O4S/c1-5-11-15(22)21(17(24)25)13-7-6-10(8-12(13)18(11,3)4)14-9(2)26-16(23)20-19-14/h6-9,11H,5H2,1-4H3,(H,20,23)(H,24,25). The van der Waals surface area contributed by atoms with Crippen LogP contribution in [0.5, 0.6) is 0 Å². The maximum atomic E-state index is 12.7. The number of nitrogens with zero attached hydrogens (tertiary/aromatic N) is 2. The largest absolute Gasteiger partial charge is 0.464 e. The lowest BCUT2D eigenvalue weighted by Crippen LogP contribution is -2.51. The van der Waals surface area contributed by atoms with Gasteiger partial charge in [0.15, 0.2) is 0 Å². The topological polar surface area (TPSA) is 99.1 Å². The van der Waals surface area contributed by atoms with E-state index in [1.165, 1.54) is 0 Å². The Morgan fingerprint density at radius 3 is 2.65 bits per heavy atom. The summed E-state index contributed by atoms with van der Waals surface area (Å²) in [6, 6.07) is 5.30. The van der Waals surface area contributed by atoms with E-state index in [0.29, 0.717) is 12.1 Å². The Hall–Kier alpha value is -2.35. The Morgan fingerprint density at radius 2 is 2.08 bits per heavy atom. The van der Waals surface area contributed by atoms with Gasteiger partial charge in [-0.2, -0.15) is 5.10 Å². The first-order valence-electron chi connectivity index (χ1n) is 8.44. The van der Waals surface area contributed by atoms with Gasteiger partial charge in [0.2, 0.25) is 5.91 Å². The van der Waals surface area contributed by atoms with Crippen LogP contribution >= 0.6 is 11.8 Å². The monoisotopic (exact) mass is 375 g/mol. The second-order valence-corrected chi connectivity index (χ2v) is 8.34. The molecule has 2 heterocycles. The minimum Gasteiger partial charge on any atom is -0.464 e. The van der Waals surface area contributed by atoms with Gasteiger partial charge < -0.3 is 5.11 Å². The first kappa shape index (κ1) is 18.4. The zero-order valence-corrected chi connectivity index (χ0v) is 15.9. The maximum absolute atomic E-state index is 12.7. The summed E-state index contributed by atoms with van der Waals surface area (Å²) < 4.78 is 0. The van der Waals surface area contributed by atoms with Crippen molar-refractivity contribution in [1.29, 1.82) is 0 Å². The van der Waals surface area contributed by atoms with E-state index in [4.69, 9.17) is 0 Å². The average Bonchev–Trinajstić information content (AvgIpc) is 2.54. The predicted octanol–water partition coefficient (Wildman–Crippen LogP) is 3.56. The molecule has 2 atom stereocenters. The highest BCUT2D eigenvalue weighted by Gasteiger charge is 2.47. The molecule has 2 aliphatic rings. The number of imide groups is 1. The lowest BCUT2D eigenvalue weighted by Gasteiger charge is -2.42. The number of hydrogen-bond donors (Lipinski definition) is 2. The third-order valence-corrected chi connectivity index (χ3v) is 6.04. The summed E-state index contributed by atoms with van der Waals surface area (Å²) in [5, 5.41) is 13.4. The highest BCUT2D eigenvalue weighted by molar-refractivity contribution is 8.14. The van der Waals surface area contributed by atoms with Crippen LogP contribution in [0, 0.1) is 5.92 Å². The van der Waals surface area contributed by atoms with Crippen molar-refractivity contribution in [3.8, 4) is 0 Å². The predicted molar refractivity (Wildman–Crippen MR) is 101 cm³/mol. The number of hydrogen-bond acceptors (Lipinski definition) is 5. The van der Waals surface area contributed by atoms with Gasteiger partial charge in [0.1, 0.15) is 0 Å². The fraction of sp³-hybridized carbons (Fsp3) is 0.444. The number of benzene rings is 1. The van der Waals surface area contributed by atoms with E-state index in [9.17, 15) is 19.5 Å². The Morgan fingerprint density at radius 1 is 1.38 bits per heavy atom. The van der Waals surface area contributed by atoms with Crippen LogP contribution in [-0.4, -0.2) is 33.3 Å². The fourth-order valence-corrected chi connectivity index (χ4v) is 4.52. The molecule has 1 aromatic carbocycles. The number of anilines is 1. The Labute approximate surface area is 155 Å². The molecule has 8 heteroatoms. The Kier molecular flexibility index (Phi) is 4.56. The molecule has 0 bridgehead atoms.